The molecule has 1 aromatic carbocycles. The van der Waals surface area contributed by atoms with Gasteiger partial charge in [0.1, 0.15) is 5.60 Å². The minimum absolute atomic E-state index is 0.231. The predicted octanol–water partition coefficient (Wildman–Crippen LogP) is 2.94. The number of amides is 1. The lowest BCUT2D eigenvalue weighted by Gasteiger charge is -2.37. The number of hydrogen-bond acceptors (Lipinski definition) is 5. The van der Waals surface area contributed by atoms with Crippen LogP contribution >= 0.6 is 12.6 Å². The van der Waals surface area contributed by atoms with Crippen molar-refractivity contribution in [3.05, 3.63) is 28.8 Å². The van der Waals surface area contributed by atoms with Gasteiger partial charge in [-0.2, -0.15) is 12.6 Å². The van der Waals surface area contributed by atoms with Gasteiger partial charge < -0.3 is 20.3 Å². The molecule has 24 heavy (non-hydrogen) atoms. The molecule has 2 rings (SSSR count). The molecule has 0 radical (unpaired) electrons. The first-order chi connectivity index (χ1) is 11.2. The van der Waals surface area contributed by atoms with Crippen LogP contribution in [-0.2, 0) is 17.0 Å². The lowest BCUT2D eigenvalue weighted by atomic mass is 10.0. The quantitative estimate of drug-likeness (QED) is 0.822. The summed E-state index contributed by atoms with van der Waals surface area (Å²) < 4.78 is 5.46. The van der Waals surface area contributed by atoms with E-state index in [1.54, 1.807) is 4.90 Å². The average molecular weight is 352 g/mol. The van der Waals surface area contributed by atoms with Crippen LogP contribution in [0.1, 0.15) is 37.5 Å². The van der Waals surface area contributed by atoms with Gasteiger partial charge in [0.15, 0.2) is 0 Å². The Kier molecular flexibility index (Phi) is 6.04. The standard InChI is InChI=1S/C18H29N3O2S/c1-13-15(12-24)9-14(11-19)10-16(13)20-5-7-21(8-6-20)17(22)23-18(2,3)4/h9-10,24H,5-8,11-12,19H2,1-4H3. The van der Waals surface area contributed by atoms with Gasteiger partial charge in [-0.1, -0.05) is 6.07 Å². The summed E-state index contributed by atoms with van der Waals surface area (Å²) >= 11 is 4.43. The Labute approximate surface area is 150 Å². The SMILES string of the molecule is Cc1c(CS)cc(CN)cc1N1CCN(C(=O)OC(C)(C)C)CC1. The van der Waals surface area contributed by atoms with Crippen molar-refractivity contribution in [2.45, 2.75) is 45.6 Å². The van der Waals surface area contributed by atoms with E-state index in [1.807, 2.05) is 20.8 Å². The van der Waals surface area contributed by atoms with Crippen molar-refractivity contribution >= 4 is 24.4 Å². The maximum atomic E-state index is 12.2. The smallest absolute Gasteiger partial charge is 0.410 e. The van der Waals surface area contributed by atoms with Crippen LogP contribution in [0.4, 0.5) is 10.5 Å². The summed E-state index contributed by atoms with van der Waals surface area (Å²) in [4.78, 5) is 16.3. The van der Waals surface area contributed by atoms with Gasteiger partial charge in [0.05, 0.1) is 0 Å². The van der Waals surface area contributed by atoms with Crippen molar-refractivity contribution in [2.24, 2.45) is 5.73 Å². The summed E-state index contributed by atoms with van der Waals surface area (Å²) in [6, 6.07) is 4.29. The van der Waals surface area contributed by atoms with E-state index in [9.17, 15) is 4.79 Å². The normalized spacial score (nSPS) is 15.6. The Bertz CT molecular complexity index is 591. The number of thiol groups is 1. The Hall–Kier alpha value is -1.40. The minimum atomic E-state index is -0.457. The molecule has 0 aromatic heterocycles. The molecule has 1 aromatic rings. The largest absolute Gasteiger partial charge is 0.444 e. The van der Waals surface area contributed by atoms with Crippen LogP contribution in [0.2, 0.25) is 0 Å². The van der Waals surface area contributed by atoms with Gasteiger partial charge in [-0.05, 0) is 50.5 Å². The highest BCUT2D eigenvalue weighted by Crippen LogP contribution is 2.28. The highest BCUT2D eigenvalue weighted by atomic mass is 32.1. The van der Waals surface area contributed by atoms with Gasteiger partial charge in [-0.25, -0.2) is 4.79 Å². The number of rotatable bonds is 3. The van der Waals surface area contributed by atoms with E-state index in [0.29, 0.717) is 25.4 Å². The molecule has 134 valence electrons. The van der Waals surface area contributed by atoms with Crippen molar-refractivity contribution < 1.29 is 9.53 Å². The summed E-state index contributed by atoms with van der Waals surface area (Å²) in [7, 11) is 0. The van der Waals surface area contributed by atoms with Crippen LogP contribution in [0.15, 0.2) is 12.1 Å². The second kappa shape index (κ2) is 7.66. The fourth-order valence-electron chi connectivity index (χ4n) is 2.89. The summed E-state index contributed by atoms with van der Waals surface area (Å²) in [6.07, 6.45) is -0.231. The molecule has 0 aliphatic carbocycles. The zero-order chi connectivity index (χ0) is 17.9. The Morgan fingerprint density at radius 3 is 2.38 bits per heavy atom. The van der Waals surface area contributed by atoms with Crippen LogP contribution in [0.25, 0.3) is 0 Å². The second-order valence-corrected chi connectivity index (χ2v) is 7.53. The Morgan fingerprint density at radius 1 is 1.25 bits per heavy atom. The molecular weight excluding hydrogens is 322 g/mol. The number of carbonyl (C=O) groups is 1. The first-order valence-electron chi connectivity index (χ1n) is 8.41. The van der Waals surface area contributed by atoms with Gasteiger partial charge in [0.25, 0.3) is 0 Å². The summed E-state index contributed by atoms with van der Waals surface area (Å²) in [5.41, 5.74) is 10.1. The number of ether oxygens (including phenoxy) is 1. The molecule has 0 spiro atoms. The highest BCUT2D eigenvalue weighted by molar-refractivity contribution is 7.79. The van der Waals surface area contributed by atoms with E-state index < -0.39 is 5.60 Å². The molecule has 1 amide bonds. The maximum absolute atomic E-state index is 12.2. The molecule has 1 fully saturated rings. The molecule has 5 nitrogen and oxygen atoms in total. The fourth-order valence-corrected chi connectivity index (χ4v) is 3.22. The third-order valence-electron chi connectivity index (χ3n) is 4.23. The van der Waals surface area contributed by atoms with Crippen LogP contribution in [-0.4, -0.2) is 42.8 Å². The van der Waals surface area contributed by atoms with Crippen molar-refractivity contribution in [1.29, 1.82) is 0 Å². The average Bonchev–Trinajstić information content (AvgIpc) is 2.53. The first kappa shape index (κ1) is 18.9. The number of carbonyl (C=O) groups excluding carboxylic acids is 1. The van der Waals surface area contributed by atoms with Crippen molar-refractivity contribution in [1.82, 2.24) is 4.90 Å². The summed E-state index contributed by atoms with van der Waals surface area (Å²) in [6.45, 7) is 11.2. The highest BCUT2D eigenvalue weighted by Gasteiger charge is 2.26. The third kappa shape index (κ3) is 4.57. The van der Waals surface area contributed by atoms with Crippen LogP contribution < -0.4 is 10.6 Å². The van der Waals surface area contributed by atoms with E-state index in [2.05, 4.69) is 36.6 Å². The number of nitrogens with zero attached hydrogens (tertiary/aromatic N) is 2. The van der Waals surface area contributed by atoms with E-state index >= 15 is 0 Å². The minimum Gasteiger partial charge on any atom is -0.444 e. The number of benzene rings is 1. The van der Waals surface area contributed by atoms with E-state index in [0.717, 1.165) is 18.7 Å². The molecule has 0 unspecified atom stereocenters. The van der Waals surface area contributed by atoms with Gasteiger partial charge in [0.2, 0.25) is 0 Å². The first-order valence-corrected chi connectivity index (χ1v) is 9.04. The molecule has 2 N–H and O–H groups in total. The topological polar surface area (TPSA) is 58.8 Å². The molecule has 0 saturated carbocycles. The Balaban J connectivity index is 2.08. The van der Waals surface area contributed by atoms with Gasteiger partial charge >= 0.3 is 6.09 Å². The molecule has 1 aliphatic heterocycles. The molecule has 1 heterocycles. The van der Waals surface area contributed by atoms with Gasteiger partial charge in [-0.15, -0.1) is 0 Å². The van der Waals surface area contributed by atoms with Crippen LogP contribution in [0.5, 0.6) is 0 Å². The van der Waals surface area contributed by atoms with Crippen molar-refractivity contribution in [3.8, 4) is 0 Å². The van der Waals surface area contributed by atoms with Gasteiger partial charge in [0, 0.05) is 44.2 Å². The fraction of sp³-hybridized carbons (Fsp3) is 0.611. The molecule has 0 atom stereocenters. The molecule has 1 saturated heterocycles. The lowest BCUT2D eigenvalue weighted by Crippen LogP contribution is -2.50. The molecule has 0 bridgehead atoms. The Morgan fingerprint density at radius 2 is 1.88 bits per heavy atom. The van der Waals surface area contributed by atoms with Crippen molar-refractivity contribution in [3.63, 3.8) is 0 Å². The van der Waals surface area contributed by atoms with Crippen LogP contribution in [0.3, 0.4) is 0 Å². The second-order valence-electron chi connectivity index (χ2n) is 7.22. The van der Waals surface area contributed by atoms with E-state index in [1.165, 1.54) is 16.8 Å². The van der Waals surface area contributed by atoms with Crippen LogP contribution in [0, 0.1) is 6.92 Å². The lowest BCUT2D eigenvalue weighted by molar-refractivity contribution is 0.0240. The van der Waals surface area contributed by atoms with E-state index in [4.69, 9.17) is 10.5 Å². The summed E-state index contributed by atoms with van der Waals surface area (Å²) in [5.74, 6) is 0.699. The number of hydrogen-bond donors (Lipinski definition) is 2. The van der Waals surface area contributed by atoms with Gasteiger partial charge in [-0.3, -0.25) is 0 Å². The monoisotopic (exact) mass is 351 g/mol. The zero-order valence-electron chi connectivity index (χ0n) is 15.1. The molecular formula is C18H29N3O2S. The predicted molar refractivity (Wildman–Crippen MR) is 102 cm³/mol. The summed E-state index contributed by atoms with van der Waals surface area (Å²) in [5, 5.41) is 0. The molecule has 1 aliphatic rings. The number of piperazine rings is 1. The number of nitrogens with two attached hydrogens (primary N) is 1. The molecule has 6 heteroatoms. The third-order valence-corrected chi connectivity index (χ3v) is 4.57. The van der Waals surface area contributed by atoms with E-state index in [-0.39, 0.29) is 6.09 Å². The maximum Gasteiger partial charge on any atom is 0.410 e. The van der Waals surface area contributed by atoms with Crippen molar-refractivity contribution in [2.75, 3.05) is 31.1 Å². The number of anilines is 1. The zero-order valence-corrected chi connectivity index (χ0v) is 16.0.